The number of hydrogen-bond donors (Lipinski definition) is 2. The molecule has 5 nitrogen and oxygen atoms in total. The Labute approximate surface area is 113 Å². The third kappa shape index (κ3) is 2.87. The molecule has 0 aliphatic carbocycles. The van der Waals surface area contributed by atoms with Crippen LogP contribution in [-0.2, 0) is 13.5 Å². The first-order valence-electron chi connectivity index (χ1n) is 5.99. The van der Waals surface area contributed by atoms with Crippen molar-refractivity contribution < 1.29 is 4.79 Å². The van der Waals surface area contributed by atoms with Crippen LogP contribution < -0.4 is 11.1 Å². The average Bonchev–Trinajstić information content (AvgIpc) is 2.70. The number of amides is 1. The van der Waals surface area contributed by atoms with Gasteiger partial charge in [0.25, 0.3) is 5.91 Å². The van der Waals surface area contributed by atoms with E-state index in [4.69, 9.17) is 18.0 Å². The minimum absolute atomic E-state index is 0.207. The van der Waals surface area contributed by atoms with Gasteiger partial charge in [-0.25, -0.2) is 0 Å². The molecule has 18 heavy (non-hydrogen) atoms. The lowest BCUT2D eigenvalue weighted by atomic mass is 9.99. The lowest BCUT2D eigenvalue weighted by Gasteiger charge is -2.28. The van der Waals surface area contributed by atoms with Crippen molar-refractivity contribution in [2.24, 2.45) is 12.8 Å². The first-order chi connectivity index (χ1) is 8.34. The zero-order valence-corrected chi connectivity index (χ0v) is 12.1. The predicted octanol–water partition coefficient (Wildman–Crippen LogP) is 1.17. The maximum atomic E-state index is 12.2. The molecule has 3 N–H and O–H groups in total. The van der Waals surface area contributed by atoms with Gasteiger partial charge < -0.3 is 11.1 Å². The van der Waals surface area contributed by atoms with Crippen LogP contribution in [0.2, 0.25) is 0 Å². The van der Waals surface area contributed by atoms with Crippen LogP contribution in [0.3, 0.4) is 0 Å². The maximum Gasteiger partial charge on any atom is 0.270 e. The predicted molar refractivity (Wildman–Crippen MR) is 75.5 cm³/mol. The molecule has 6 heteroatoms. The summed E-state index contributed by atoms with van der Waals surface area (Å²) in [5.41, 5.74) is 6.41. The molecule has 0 radical (unpaired) electrons. The Bertz CT molecular complexity index is 469. The number of rotatable bonds is 5. The third-order valence-corrected chi connectivity index (χ3v) is 3.62. The molecule has 0 aliphatic heterocycles. The minimum Gasteiger partial charge on any atom is -0.391 e. The van der Waals surface area contributed by atoms with Crippen molar-refractivity contribution in [3.63, 3.8) is 0 Å². The van der Waals surface area contributed by atoms with Crippen LogP contribution in [0.15, 0.2) is 6.07 Å². The third-order valence-electron chi connectivity index (χ3n) is 3.17. The van der Waals surface area contributed by atoms with E-state index in [2.05, 4.69) is 10.4 Å². The number of thiocarbonyl (C=S) groups is 1. The van der Waals surface area contributed by atoms with Crippen molar-refractivity contribution in [3.05, 3.63) is 17.5 Å². The highest BCUT2D eigenvalue weighted by molar-refractivity contribution is 7.80. The standard InChI is InChI=1S/C12H20N4OS/c1-5-8-7-9(16(4)15-8)10(17)14-12(3,6-2)11(13)18/h7H,5-6H2,1-4H3,(H2,13,18)(H,14,17). The van der Waals surface area contributed by atoms with E-state index in [0.717, 1.165) is 12.1 Å². The van der Waals surface area contributed by atoms with Gasteiger partial charge in [-0.15, -0.1) is 0 Å². The number of aromatic nitrogens is 2. The highest BCUT2D eigenvalue weighted by Gasteiger charge is 2.29. The Kier molecular flexibility index (Phi) is 4.45. The van der Waals surface area contributed by atoms with Crippen LogP contribution in [0.4, 0.5) is 0 Å². The summed E-state index contributed by atoms with van der Waals surface area (Å²) in [4.78, 5) is 12.5. The SMILES string of the molecule is CCc1cc(C(=O)NC(C)(CC)C(N)=S)n(C)n1. The van der Waals surface area contributed by atoms with E-state index in [9.17, 15) is 4.79 Å². The number of nitrogens with zero attached hydrogens (tertiary/aromatic N) is 2. The summed E-state index contributed by atoms with van der Waals surface area (Å²) in [7, 11) is 1.75. The number of hydrogen-bond acceptors (Lipinski definition) is 3. The minimum atomic E-state index is -0.664. The maximum absolute atomic E-state index is 12.2. The van der Waals surface area contributed by atoms with Crippen LogP contribution in [-0.4, -0.2) is 26.2 Å². The first-order valence-corrected chi connectivity index (χ1v) is 6.40. The molecule has 1 unspecified atom stereocenters. The van der Waals surface area contributed by atoms with Crippen molar-refractivity contribution in [2.75, 3.05) is 0 Å². The normalized spacial score (nSPS) is 14.0. The zero-order valence-electron chi connectivity index (χ0n) is 11.3. The molecule has 1 atom stereocenters. The first kappa shape index (κ1) is 14.6. The molecule has 0 aromatic carbocycles. The van der Waals surface area contributed by atoms with Gasteiger partial charge in [-0.05, 0) is 25.8 Å². The van der Waals surface area contributed by atoms with Crippen LogP contribution in [0, 0.1) is 0 Å². The van der Waals surface area contributed by atoms with Gasteiger partial charge in [0, 0.05) is 7.05 Å². The lowest BCUT2D eigenvalue weighted by molar-refractivity contribution is 0.0917. The molecule has 1 rings (SSSR count). The van der Waals surface area contributed by atoms with Crippen LogP contribution in [0.25, 0.3) is 0 Å². The fourth-order valence-corrected chi connectivity index (χ4v) is 1.75. The topological polar surface area (TPSA) is 72.9 Å². The smallest absolute Gasteiger partial charge is 0.270 e. The average molecular weight is 268 g/mol. The Morgan fingerprint density at radius 2 is 2.22 bits per heavy atom. The second kappa shape index (κ2) is 5.48. The van der Waals surface area contributed by atoms with Gasteiger partial charge in [-0.2, -0.15) is 5.10 Å². The van der Waals surface area contributed by atoms with Gasteiger partial charge in [-0.1, -0.05) is 26.1 Å². The Morgan fingerprint density at radius 1 is 1.61 bits per heavy atom. The summed E-state index contributed by atoms with van der Waals surface area (Å²) in [6, 6.07) is 1.78. The summed E-state index contributed by atoms with van der Waals surface area (Å²) in [6.45, 7) is 5.75. The molecule has 0 bridgehead atoms. The van der Waals surface area contributed by atoms with Gasteiger partial charge in [0.05, 0.1) is 16.2 Å². The fourth-order valence-electron chi connectivity index (χ4n) is 1.55. The molecule has 0 saturated carbocycles. The van der Waals surface area contributed by atoms with Gasteiger partial charge in [0.15, 0.2) is 0 Å². The molecule has 1 aromatic heterocycles. The molecule has 1 amide bonds. The van der Waals surface area contributed by atoms with Gasteiger partial charge >= 0.3 is 0 Å². The summed E-state index contributed by atoms with van der Waals surface area (Å²) in [5, 5.41) is 7.11. The van der Waals surface area contributed by atoms with E-state index >= 15 is 0 Å². The second-order valence-corrected chi connectivity index (χ2v) is 4.94. The summed E-state index contributed by atoms with van der Waals surface area (Å²) in [5.74, 6) is -0.207. The largest absolute Gasteiger partial charge is 0.391 e. The van der Waals surface area contributed by atoms with E-state index in [1.54, 1.807) is 17.8 Å². The summed E-state index contributed by atoms with van der Waals surface area (Å²) >= 11 is 5.00. The van der Waals surface area contributed by atoms with E-state index in [1.807, 2.05) is 20.8 Å². The fraction of sp³-hybridized carbons (Fsp3) is 0.583. The van der Waals surface area contributed by atoms with E-state index in [-0.39, 0.29) is 10.9 Å². The molecule has 0 saturated heterocycles. The van der Waals surface area contributed by atoms with Crippen molar-refractivity contribution in [3.8, 4) is 0 Å². The summed E-state index contributed by atoms with van der Waals surface area (Å²) < 4.78 is 1.57. The molecular weight excluding hydrogens is 248 g/mol. The quantitative estimate of drug-likeness (QED) is 0.786. The molecule has 100 valence electrons. The Hall–Kier alpha value is -1.43. The highest BCUT2D eigenvalue weighted by Crippen LogP contribution is 2.12. The highest BCUT2D eigenvalue weighted by atomic mass is 32.1. The number of nitrogens with two attached hydrogens (primary N) is 1. The van der Waals surface area contributed by atoms with Crippen molar-refractivity contribution in [2.45, 2.75) is 39.2 Å². The summed E-state index contributed by atoms with van der Waals surface area (Å²) in [6.07, 6.45) is 1.44. The van der Waals surface area contributed by atoms with Crippen LogP contribution >= 0.6 is 12.2 Å². The number of carbonyl (C=O) groups excluding carboxylic acids is 1. The molecule has 1 heterocycles. The van der Waals surface area contributed by atoms with Crippen molar-refractivity contribution >= 4 is 23.1 Å². The number of nitrogens with one attached hydrogen (secondary N) is 1. The Balaban J connectivity index is 2.94. The number of carbonyl (C=O) groups is 1. The van der Waals surface area contributed by atoms with Crippen molar-refractivity contribution in [1.29, 1.82) is 0 Å². The van der Waals surface area contributed by atoms with Crippen LogP contribution in [0.5, 0.6) is 0 Å². The molecule has 0 spiro atoms. The van der Waals surface area contributed by atoms with Crippen LogP contribution in [0.1, 0.15) is 43.4 Å². The van der Waals surface area contributed by atoms with E-state index in [0.29, 0.717) is 12.1 Å². The zero-order chi connectivity index (χ0) is 13.9. The van der Waals surface area contributed by atoms with E-state index in [1.165, 1.54) is 0 Å². The van der Waals surface area contributed by atoms with Gasteiger partial charge in [-0.3, -0.25) is 9.48 Å². The molecule has 0 fully saturated rings. The Morgan fingerprint density at radius 3 is 2.61 bits per heavy atom. The molecule has 1 aromatic rings. The molecular formula is C12H20N4OS. The lowest BCUT2D eigenvalue weighted by Crippen LogP contribution is -2.54. The number of aryl methyl sites for hydroxylation is 2. The van der Waals surface area contributed by atoms with Crippen molar-refractivity contribution in [1.82, 2.24) is 15.1 Å². The van der Waals surface area contributed by atoms with Gasteiger partial charge in [0.2, 0.25) is 0 Å². The van der Waals surface area contributed by atoms with E-state index < -0.39 is 5.54 Å². The van der Waals surface area contributed by atoms with Gasteiger partial charge in [0.1, 0.15) is 5.69 Å². The molecule has 0 aliphatic rings. The second-order valence-electron chi connectivity index (χ2n) is 4.50. The monoisotopic (exact) mass is 268 g/mol.